The molecule has 1 unspecified atom stereocenters. The molecule has 1 aliphatic heterocycles. The summed E-state index contributed by atoms with van der Waals surface area (Å²) in [6.45, 7) is -1.72. The molecular formula is C9H12F2O7S. The number of ether oxygens (including phenoxy) is 2. The molecule has 0 aliphatic carbocycles. The van der Waals surface area contributed by atoms with Crippen LogP contribution >= 0.6 is 0 Å². The van der Waals surface area contributed by atoms with Crippen LogP contribution in [0.2, 0.25) is 0 Å². The Labute approximate surface area is 107 Å². The lowest BCUT2D eigenvalue weighted by atomic mass is 10.0. The Kier molecular flexibility index (Phi) is 4.80. The Hall–Kier alpha value is -1.29. The second-order valence-corrected chi connectivity index (χ2v) is 5.48. The second kappa shape index (κ2) is 5.78. The molecule has 0 aromatic carbocycles. The maximum atomic E-state index is 12.8. The number of rotatable bonds is 4. The Balaban J connectivity index is 2.62. The monoisotopic (exact) mass is 302 g/mol. The minimum Gasteiger partial charge on any atom is -0.465 e. The zero-order valence-corrected chi connectivity index (χ0v) is 10.5. The number of carbonyl (C=O) groups is 2. The number of halogens is 2. The Bertz CT molecular complexity index is 459. The van der Waals surface area contributed by atoms with E-state index in [1.165, 1.54) is 0 Å². The lowest BCUT2D eigenvalue weighted by molar-refractivity contribution is -0.164. The van der Waals surface area contributed by atoms with Crippen LogP contribution in [0.25, 0.3) is 0 Å². The van der Waals surface area contributed by atoms with Crippen LogP contribution < -0.4 is 0 Å². The number of cyclic esters (lactones) is 1. The van der Waals surface area contributed by atoms with Crippen LogP contribution in [0.4, 0.5) is 8.78 Å². The van der Waals surface area contributed by atoms with Gasteiger partial charge in [0.05, 0.1) is 6.61 Å². The van der Waals surface area contributed by atoms with Gasteiger partial charge in [-0.05, 0) is 19.3 Å². The molecule has 1 heterocycles. The van der Waals surface area contributed by atoms with E-state index in [2.05, 4.69) is 9.47 Å². The van der Waals surface area contributed by atoms with E-state index in [4.69, 9.17) is 4.55 Å². The molecule has 1 saturated heterocycles. The quantitative estimate of drug-likeness (QED) is 0.453. The molecule has 0 saturated carbocycles. The van der Waals surface area contributed by atoms with Crippen molar-refractivity contribution in [2.24, 2.45) is 5.92 Å². The fourth-order valence-corrected chi connectivity index (χ4v) is 1.59. The maximum Gasteiger partial charge on any atom is 0.402 e. The third-order valence-electron chi connectivity index (χ3n) is 2.46. The number of hydrogen-bond acceptors (Lipinski definition) is 6. The van der Waals surface area contributed by atoms with Crippen LogP contribution in [0.3, 0.4) is 0 Å². The van der Waals surface area contributed by atoms with Crippen LogP contribution in [-0.4, -0.2) is 43.4 Å². The number of esters is 2. The van der Waals surface area contributed by atoms with Crippen molar-refractivity contribution >= 4 is 22.1 Å². The van der Waals surface area contributed by atoms with Crippen molar-refractivity contribution in [2.75, 3.05) is 13.2 Å². The average Bonchev–Trinajstić information content (AvgIpc) is 2.49. The van der Waals surface area contributed by atoms with Gasteiger partial charge in [-0.25, -0.2) is 0 Å². The van der Waals surface area contributed by atoms with Gasteiger partial charge in [-0.3, -0.25) is 14.1 Å². The van der Waals surface area contributed by atoms with Gasteiger partial charge in [0.25, 0.3) is 0 Å². The predicted molar refractivity (Wildman–Crippen MR) is 55.8 cm³/mol. The summed E-state index contributed by atoms with van der Waals surface area (Å²) in [7, 11) is -5.68. The molecule has 110 valence electrons. The van der Waals surface area contributed by atoms with Gasteiger partial charge in [-0.15, -0.1) is 0 Å². The number of alkyl halides is 2. The van der Waals surface area contributed by atoms with Crippen molar-refractivity contribution in [3.63, 3.8) is 0 Å². The normalized spacial score (nSPS) is 21.4. The standard InChI is InChI=1S/C9H12F2O7S/c10-9(11,19(14,15)16)5-18-8(13)6-3-1-2-4-17-7(6)12/h6H,1-5H2,(H,14,15,16). The molecule has 0 aromatic rings. The zero-order chi connectivity index (χ0) is 14.7. The summed E-state index contributed by atoms with van der Waals surface area (Å²) in [5, 5.41) is -4.61. The highest BCUT2D eigenvalue weighted by Gasteiger charge is 2.46. The van der Waals surface area contributed by atoms with Gasteiger partial charge < -0.3 is 9.47 Å². The van der Waals surface area contributed by atoms with Crippen molar-refractivity contribution in [1.82, 2.24) is 0 Å². The fraction of sp³-hybridized carbons (Fsp3) is 0.778. The zero-order valence-electron chi connectivity index (χ0n) is 9.67. The first kappa shape index (κ1) is 15.8. The van der Waals surface area contributed by atoms with Crippen LogP contribution in [0, 0.1) is 5.92 Å². The van der Waals surface area contributed by atoms with Crippen LogP contribution in [-0.2, 0) is 29.2 Å². The van der Waals surface area contributed by atoms with Gasteiger partial charge in [0, 0.05) is 0 Å². The van der Waals surface area contributed by atoms with Gasteiger partial charge >= 0.3 is 27.3 Å². The van der Waals surface area contributed by atoms with E-state index in [-0.39, 0.29) is 13.0 Å². The van der Waals surface area contributed by atoms with Crippen molar-refractivity contribution in [3.05, 3.63) is 0 Å². The van der Waals surface area contributed by atoms with Crippen LogP contribution in [0.5, 0.6) is 0 Å². The van der Waals surface area contributed by atoms with E-state index in [0.29, 0.717) is 12.8 Å². The van der Waals surface area contributed by atoms with Gasteiger partial charge in [0.15, 0.2) is 12.5 Å². The van der Waals surface area contributed by atoms with Crippen molar-refractivity contribution in [2.45, 2.75) is 24.5 Å². The van der Waals surface area contributed by atoms with E-state index in [1.54, 1.807) is 0 Å². The largest absolute Gasteiger partial charge is 0.465 e. The fourth-order valence-electron chi connectivity index (χ4n) is 1.39. The first-order chi connectivity index (χ1) is 8.65. The third kappa shape index (κ3) is 4.10. The summed E-state index contributed by atoms with van der Waals surface area (Å²) in [5.74, 6) is -3.53. The Morgan fingerprint density at radius 2 is 2.11 bits per heavy atom. The molecule has 10 heteroatoms. The van der Waals surface area contributed by atoms with Crippen LogP contribution in [0.1, 0.15) is 19.3 Å². The molecule has 0 amide bonds. The molecular weight excluding hydrogens is 290 g/mol. The Morgan fingerprint density at radius 3 is 2.68 bits per heavy atom. The Morgan fingerprint density at radius 1 is 1.47 bits per heavy atom. The summed E-state index contributed by atoms with van der Waals surface area (Å²) in [5.41, 5.74) is 0. The van der Waals surface area contributed by atoms with Gasteiger partial charge in [0.2, 0.25) is 0 Å². The molecule has 0 aromatic heterocycles. The average molecular weight is 302 g/mol. The third-order valence-corrected chi connectivity index (χ3v) is 3.33. The number of carbonyl (C=O) groups excluding carboxylic acids is 2. The van der Waals surface area contributed by atoms with Gasteiger partial charge in [0.1, 0.15) is 0 Å². The highest BCUT2D eigenvalue weighted by molar-refractivity contribution is 7.86. The minimum atomic E-state index is -5.68. The van der Waals surface area contributed by atoms with Gasteiger partial charge in [-0.1, -0.05) is 0 Å². The first-order valence-electron chi connectivity index (χ1n) is 5.33. The first-order valence-corrected chi connectivity index (χ1v) is 6.77. The maximum absolute atomic E-state index is 12.8. The molecule has 7 nitrogen and oxygen atoms in total. The lowest BCUT2D eigenvalue weighted by Gasteiger charge is -2.15. The molecule has 1 fully saturated rings. The predicted octanol–water partition coefficient (Wildman–Crippen LogP) is 0.354. The summed E-state index contributed by atoms with van der Waals surface area (Å²) in [4.78, 5) is 22.7. The molecule has 0 bridgehead atoms. The molecule has 1 rings (SSSR count). The molecule has 19 heavy (non-hydrogen) atoms. The summed E-state index contributed by atoms with van der Waals surface area (Å²) in [6, 6.07) is 0. The molecule has 0 radical (unpaired) electrons. The molecule has 1 N–H and O–H groups in total. The summed E-state index contributed by atoms with van der Waals surface area (Å²) >= 11 is 0. The highest BCUT2D eigenvalue weighted by Crippen LogP contribution is 2.23. The van der Waals surface area contributed by atoms with Crippen molar-refractivity contribution in [3.8, 4) is 0 Å². The molecule has 1 atom stereocenters. The molecule has 0 spiro atoms. The van der Waals surface area contributed by atoms with E-state index in [1.807, 2.05) is 0 Å². The van der Waals surface area contributed by atoms with Crippen LogP contribution in [0.15, 0.2) is 0 Å². The smallest absolute Gasteiger partial charge is 0.402 e. The number of hydrogen-bond donors (Lipinski definition) is 1. The summed E-state index contributed by atoms with van der Waals surface area (Å²) < 4.78 is 63.1. The molecule has 1 aliphatic rings. The topological polar surface area (TPSA) is 107 Å². The second-order valence-electron chi connectivity index (χ2n) is 3.94. The van der Waals surface area contributed by atoms with Gasteiger partial charge in [-0.2, -0.15) is 17.2 Å². The summed E-state index contributed by atoms with van der Waals surface area (Å²) in [6.07, 6.45) is 1.09. The van der Waals surface area contributed by atoms with E-state index in [0.717, 1.165) is 0 Å². The van der Waals surface area contributed by atoms with E-state index < -0.39 is 39.8 Å². The lowest BCUT2D eigenvalue weighted by Crippen LogP contribution is -2.37. The highest BCUT2D eigenvalue weighted by atomic mass is 32.2. The SMILES string of the molecule is O=C1OCCCCC1C(=O)OCC(F)(F)S(=O)(=O)O. The van der Waals surface area contributed by atoms with Crippen molar-refractivity contribution in [1.29, 1.82) is 0 Å². The van der Waals surface area contributed by atoms with E-state index >= 15 is 0 Å². The van der Waals surface area contributed by atoms with E-state index in [9.17, 15) is 26.8 Å². The van der Waals surface area contributed by atoms with Crippen molar-refractivity contribution < 1.29 is 40.8 Å². The minimum absolute atomic E-state index is 0.0785.